The third-order valence-electron chi connectivity index (χ3n) is 2.70. The van der Waals surface area contributed by atoms with Crippen molar-refractivity contribution in [2.24, 2.45) is 0 Å². The van der Waals surface area contributed by atoms with Crippen LogP contribution >= 0.6 is 27.3 Å². The highest BCUT2D eigenvalue weighted by molar-refractivity contribution is 9.10. The summed E-state index contributed by atoms with van der Waals surface area (Å²) in [6.07, 6.45) is 1.04. The molecule has 102 valence electrons. The van der Waals surface area contributed by atoms with Gasteiger partial charge in [-0.25, -0.2) is 0 Å². The molecule has 1 aromatic carbocycles. The first-order valence-corrected chi connectivity index (χ1v) is 8.11. The van der Waals surface area contributed by atoms with Crippen molar-refractivity contribution in [3.63, 3.8) is 0 Å². The molecule has 1 aromatic heterocycles. The normalized spacial score (nSPS) is 10.6. The Morgan fingerprint density at radius 2 is 1.95 bits per heavy atom. The summed E-state index contributed by atoms with van der Waals surface area (Å²) in [6, 6.07) is 10.4. The molecule has 2 nitrogen and oxygen atoms in total. The molecule has 0 aliphatic carbocycles. The zero-order valence-corrected chi connectivity index (χ0v) is 13.4. The molecule has 0 aliphatic heterocycles. The van der Waals surface area contributed by atoms with Gasteiger partial charge in [-0.3, -0.25) is 0 Å². The highest BCUT2D eigenvalue weighted by Gasteiger charge is 2.01. The monoisotopic (exact) mass is 339 g/mol. The van der Waals surface area contributed by atoms with Crippen LogP contribution in [0.15, 0.2) is 40.2 Å². The fourth-order valence-electron chi connectivity index (χ4n) is 1.70. The largest absolute Gasteiger partial charge is 0.494 e. The molecule has 4 heteroatoms. The van der Waals surface area contributed by atoms with Gasteiger partial charge in [0.15, 0.2) is 0 Å². The molecular formula is C15H18BrNOS. The first kappa shape index (κ1) is 14.6. The summed E-state index contributed by atoms with van der Waals surface area (Å²) < 4.78 is 6.75. The van der Waals surface area contributed by atoms with E-state index in [1.807, 2.05) is 12.1 Å². The van der Waals surface area contributed by atoms with E-state index in [1.165, 1.54) is 14.9 Å². The SMILES string of the molecule is CCCOc1ccc(CNCc2sccc2Br)cc1. The van der Waals surface area contributed by atoms with Crippen molar-refractivity contribution >= 4 is 27.3 Å². The summed E-state index contributed by atoms with van der Waals surface area (Å²) in [5, 5.41) is 5.55. The number of hydrogen-bond donors (Lipinski definition) is 1. The molecule has 2 rings (SSSR count). The van der Waals surface area contributed by atoms with Gasteiger partial charge in [0, 0.05) is 22.4 Å². The number of benzene rings is 1. The van der Waals surface area contributed by atoms with E-state index in [2.05, 4.69) is 51.7 Å². The lowest BCUT2D eigenvalue weighted by molar-refractivity contribution is 0.317. The predicted molar refractivity (Wildman–Crippen MR) is 84.8 cm³/mol. The van der Waals surface area contributed by atoms with Gasteiger partial charge < -0.3 is 10.1 Å². The van der Waals surface area contributed by atoms with Gasteiger partial charge in [-0.2, -0.15) is 0 Å². The Morgan fingerprint density at radius 3 is 2.58 bits per heavy atom. The van der Waals surface area contributed by atoms with Crippen LogP contribution in [0, 0.1) is 0 Å². The van der Waals surface area contributed by atoms with E-state index in [9.17, 15) is 0 Å². The van der Waals surface area contributed by atoms with Crippen LogP contribution in [0.25, 0.3) is 0 Å². The lowest BCUT2D eigenvalue weighted by atomic mass is 10.2. The van der Waals surface area contributed by atoms with Crippen molar-refractivity contribution in [1.29, 1.82) is 0 Å². The lowest BCUT2D eigenvalue weighted by Crippen LogP contribution is -2.11. The number of hydrogen-bond acceptors (Lipinski definition) is 3. The standard InChI is InChI=1S/C15H18BrNOS/c1-2-8-18-13-5-3-12(4-6-13)10-17-11-15-14(16)7-9-19-15/h3-7,9,17H,2,8,10-11H2,1H3. The summed E-state index contributed by atoms with van der Waals surface area (Å²) in [7, 11) is 0. The Kier molecular flexibility index (Phi) is 5.89. The van der Waals surface area contributed by atoms with E-state index in [4.69, 9.17) is 4.74 Å². The minimum atomic E-state index is 0.782. The molecule has 0 bridgehead atoms. The van der Waals surface area contributed by atoms with E-state index in [-0.39, 0.29) is 0 Å². The van der Waals surface area contributed by atoms with Crippen molar-refractivity contribution < 1.29 is 4.74 Å². The van der Waals surface area contributed by atoms with Gasteiger partial charge >= 0.3 is 0 Å². The van der Waals surface area contributed by atoms with E-state index < -0.39 is 0 Å². The van der Waals surface area contributed by atoms with Gasteiger partial charge in [0.2, 0.25) is 0 Å². The van der Waals surface area contributed by atoms with Crippen LogP contribution in [-0.2, 0) is 13.1 Å². The molecule has 0 amide bonds. The molecule has 1 heterocycles. The first-order valence-electron chi connectivity index (χ1n) is 6.44. The molecule has 1 N–H and O–H groups in total. The molecular weight excluding hydrogens is 322 g/mol. The fourth-order valence-corrected chi connectivity index (χ4v) is 3.16. The second kappa shape index (κ2) is 7.68. The maximum atomic E-state index is 5.56. The first-order chi connectivity index (χ1) is 9.29. The fraction of sp³-hybridized carbons (Fsp3) is 0.333. The zero-order valence-electron chi connectivity index (χ0n) is 11.0. The third kappa shape index (κ3) is 4.64. The van der Waals surface area contributed by atoms with E-state index >= 15 is 0 Å². The number of rotatable bonds is 7. The number of ether oxygens (including phenoxy) is 1. The Morgan fingerprint density at radius 1 is 1.16 bits per heavy atom. The number of thiophene rings is 1. The summed E-state index contributed by atoms with van der Waals surface area (Å²) in [6.45, 7) is 4.66. The van der Waals surface area contributed by atoms with Gasteiger partial charge in [-0.05, 0) is 51.5 Å². The van der Waals surface area contributed by atoms with Crippen molar-refractivity contribution in [2.75, 3.05) is 6.61 Å². The van der Waals surface area contributed by atoms with Crippen molar-refractivity contribution in [3.8, 4) is 5.75 Å². The molecule has 0 atom stereocenters. The Bertz CT molecular complexity index is 495. The molecule has 19 heavy (non-hydrogen) atoms. The van der Waals surface area contributed by atoms with E-state index in [1.54, 1.807) is 11.3 Å². The van der Waals surface area contributed by atoms with Crippen molar-refractivity contribution in [3.05, 3.63) is 50.6 Å². The third-order valence-corrected chi connectivity index (χ3v) is 4.63. The molecule has 2 aromatic rings. The maximum Gasteiger partial charge on any atom is 0.119 e. The molecule has 0 unspecified atom stereocenters. The van der Waals surface area contributed by atoms with Crippen LogP contribution in [0.4, 0.5) is 0 Å². The maximum absolute atomic E-state index is 5.56. The topological polar surface area (TPSA) is 21.3 Å². The molecule has 0 saturated heterocycles. The molecule has 0 fully saturated rings. The average molecular weight is 340 g/mol. The number of halogens is 1. The lowest BCUT2D eigenvalue weighted by Gasteiger charge is -2.07. The van der Waals surface area contributed by atoms with Crippen molar-refractivity contribution in [1.82, 2.24) is 5.32 Å². The van der Waals surface area contributed by atoms with Crippen LogP contribution in [0.3, 0.4) is 0 Å². The van der Waals surface area contributed by atoms with Crippen molar-refractivity contribution in [2.45, 2.75) is 26.4 Å². The molecule has 0 spiro atoms. The minimum Gasteiger partial charge on any atom is -0.494 e. The summed E-state index contributed by atoms with van der Waals surface area (Å²) in [5.41, 5.74) is 1.27. The predicted octanol–water partition coefficient (Wildman–Crippen LogP) is 4.59. The van der Waals surface area contributed by atoms with Gasteiger partial charge in [-0.1, -0.05) is 19.1 Å². The average Bonchev–Trinajstić information content (AvgIpc) is 2.84. The zero-order chi connectivity index (χ0) is 13.5. The summed E-state index contributed by atoms with van der Waals surface area (Å²) in [4.78, 5) is 1.34. The number of nitrogens with one attached hydrogen (secondary N) is 1. The quantitative estimate of drug-likeness (QED) is 0.796. The van der Waals surface area contributed by atoms with Crippen LogP contribution in [0.2, 0.25) is 0 Å². The van der Waals surface area contributed by atoms with Gasteiger partial charge in [-0.15, -0.1) is 11.3 Å². The van der Waals surface area contributed by atoms with Crippen LogP contribution in [0.5, 0.6) is 5.75 Å². The highest BCUT2D eigenvalue weighted by Crippen LogP contribution is 2.22. The van der Waals surface area contributed by atoms with Crippen LogP contribution in [-0.4, -0.2) is 6.61 Å². The minimum absolute atomic E-state index is 0.782. The van der Waals surface area contributed by atoms with Crippen LogP contribution in [0.1, 0.15) is 23.8 Å². The molecule has 0 aliphatic rings. The smallest absolute Gasteiger partial charge is 0.119 e. The Hall–Kier alpha value is -0.840. The Labute approximate surface area is 126 Å². The second-order valence-corrected chi connectivity index (χ2v) is 6.14. The van der Waals surface area contributed by atoms with Gasteiger partial charge in [0.05, 0.1) is 6.61 Å². The molecule has 0 radical (unpaired) electrons. The summed E-state index contributed by atoms with van der Waals surface area (Å²) in [5.74, 6) is 0.951. The van der Waals surface area contributed by atoms with Gasteiger partial charge in [0.25, 0.3) is 0 Å². The Balaban J connectivity index is 1.78. The van der Waals surface area contributed by atoms with E-state index in [0.717, 1.165) is 31.9 Å². The van der Waals surface area contributed by atoms with Crippen LogP contribution < -0.4 is 10.1 Å². The highest BCUT2D eigenvalue weighted by atomic mass is 79.9. The van der Waals surface area contributed by atoms with E-state index in [0.29, 0.717) is 0 Å². The molecule has 0 saturated carbocycles. The second-order valence-electron chi connectivity index (χ2n) is 4.29. The van der Waals surface area contributed by atoms with Gasteiger partial charge in [0.1, 0.15) is 5.75 Å². The summed E-state index contributed by atoms with van der Waals surface area (Å²) >= 11 is 5.31.